The molecule has 5 nitrogen and oxygen atoms in total. The highest BCUT2D eigenvalue weighted by Crippen LogP contribution is 2.28. The fraction of sp³-hybridized carbons (Fsp3) is 0.136. The van der Waals surface area contributed by atoms with E-state index in [-0.39, 0.29) is 29.4 Å². The van der Waals surface area contributed by atoms with E-state index in [0.717, 1.165) is 28.0 Å². The zero-order valence-corrected chi connectivity index (χ0v) is 18.3. The maximum absolute atomic E-state index is 12.8. The van der Waals surface area contributed by atoms with Crippen molar-refractivity contribution in [2.75, 3.05) is 11.1 Å². The number of nitrogens with one attached hydrogen (secondary N) is 1. The number of imide groups is 1. The van der Waals surface area contributed by atoms with Crippen molar-refractivity contribution in [2.45, 2.75) is 17.2 Å². The number of benzene rings is 2. The number of nitrogens with zero attached hydrogens (tertiary/aromatic N) is 1. The minimum absolute atomic E-state index is 0.168. The van der Waals surface area contributed by atoms with Gasteiger partial charge in [0, 0.05) is 21.2 Å². The van der Waals surface area contributed by atoms with E-state index in [2.05, 4.69) is 11.4 Å². The zero-order chi connectivity index (χ0) is 20.9. The van der Waals surface area contributed by atoms with Crippen molar-refractivity contribution in [3.63, 3.8) is 0 Å². The molecule has 3 amide bonds. The third-order valence-corrected chi connectivity index (χ3v) is 7.51. The smallest absolute Gasteiger partial charge is 0.289 e. The maximum atomic E-state index is 12.8. The van der Waals surface area contributed by atoms with Gasteiger partial charge in [-0.25, -0.2) is 0 Å². The number of hydrogen-bond acceptors (Lipinski definition) is 6. The van der Waals surface area contributed by atoms with Crippen molar-refractivity contribution >= 4 is 57.6 Å². The van der Waals surface area contributed by atoms with E-state index < -0.39 is 0 Å². The minimum Gasteiger partial charge on any atom is -0.322 e. The summed E-state index contributed by atoms with van der Waals surface area (Å²) in [6, 6.07) is 18.9. The van der Waals surface area contributed by atoms with Gasteiger partial charge in [-0.2, -0.15) is 0 Å². The highest BCUT2D eigenvalue weighted by atomic mass is 32.2. The number of thiophene rings is 1. The van der Waals surface area contributed by atoms with E-state index in [9.17, 15) is 14.4 Å². The Hall–Kier alpha value is -2.55. The minimum atomic E-state index is -0.214. The molecule has 2 heterocycles. The molecule has 0 unspecified atom stereocenters. The standard InChI is InChI=1S/C22H18N2O3S3/c25-20-14-30-22(27)24(20)12-15-7-9-16(10-8-15)23-21(26)18-5-1-2-6-19(18)29-13-17-4-3-11-28-17/h1-11H,12-14H2,(H,23,26). The van der Waals surface area contributed by atoms with Crippen LogP contribution in [0.1, 0.15) is 20.8 Å². The Labute approximate surface area is 186 Å². The second-order valence-electron chi connectivity index (χ2n) is 6.55. The molecule has 1 fully saturated rings. The van der Waals surface area contributed by atoms with Gasteiger partial charge in [-0.05, 0) is 41.3 Å². The number of hydrogen-bond donors (Lipinski definition) is 1. The van der Waals surface area contributed by atoms with Gasteiger partial charge < -0.3 is 5.32 Å². The number of amides is 3. The molecule has 3 aromatic rings. The van der Waals surface area contributed by atoms with Crippen molar-refractivity contribution < 1.29 is 14.4 Å². The van der Waals surface area contributed by atoms with Gasteiger partial charge in [0.05, 0.1) is 17.9 Å². The van der Waals surface area contributed by atoms with Crippen molar-refractivity contribution in [1.29, 1.82) is 0 Å². The first-order valence-electron chi connectivity index (χ1n) is 9.22. The van der Waals surface area contributed by atoms with Crippen LogP contribution in [0.5, 0.6) is 0 Å². The molecule has 1 aromatic heterocycles. The zero-order valence-electron chi connectivity index (χ0n) is 15.9. The Morgan fingerprint density at radius 1 is 1.03 bits per heavy atom. The third-order valence-electron chi connectivity index (χ3n) is 4.47. The molecule has 1 saturated heterocycles. The lowest BCUT2D eigenvalue weighted by Gasteiger charge is -2.13. The molecule has 0 aliphatic carbocycles. The summed E-state index contributed by atoms with van der Waals surface area (Å²) >= 11 is 4.37. The Kier molecular flexibility index (Phi) is 6.56. The van der Waals surface area contributed by atoms with Crippen molar-refractivity contribution in [3.8, 4) is 0 Å². The largest absolute Gasteiger partial charge is 0.322 e. The van der Waals surface area contributed by atoms with Crippen molar-refractivity contribution in [2.24, 2.45) is 0 Å². The van der Waals surface area contributed by atoms with Gasteiger partial charge in [0.25, 0.3) is 11.1 Å². The quantitative estimate of drug-likeness (QED) is 0.478. The first-order chi connectivity index (χ1) is 14.6. The molecule has 0 spiro atoms. The average molecular weight is 455 g/mol. The molecule has 0 radical (unpaired) electrons. The average Bonchev–Trinajstić information content (AvgIpc) is 3.39. The number of rotatable bonds is 7. The molecule has 4 rings (SSSR count). The predicted octanol–water partition coefficient (Wildman–Crippen LogP) is 5.49. The molecule has 2 aromatic carbocycles. The molecule has 152 valence electrons. The van der Waals surface area contributed by atoms with E-state index >= 15 is 0 Å². The highest BCUT2D eigenvalue weighted by molar-refractivity contribution is 8.14. The van der Waals surface area contributed by atoms with Gasteiger partial charge in [-0.3, -0.25) is 19.3 Å². The summed E-state index contributed by atoms with van der Waals surface area (Å²) in [4.78, 5) is 39.7. The van der Waals surface area contributed by atoms with Crippen LogP contribution in [0.3, 0.4) is 0 Å². The van der Waals surface area contributed by atoms with Gasteiger partial charge in [-0.15, -0.1) is 23.1 Å². The van der Waals surface area contributed by atoms with Crippen molar-refractivity contribution in [1.82, 2.24) is 4.90 Å². The van der Waals surface area contributed by atoms with Gasteiger partial charge in [0.1, 0.15) is 0 Å². The van der Waals surface area contributed by atoms with E-state index in [1.807, 2.05) is 47.8 Å². The summed E-state index contributed by atoms with van der Waals surface area (Å²) in [6.07, 6.45) is 0. The molecular formula is C22H18N2O3S3. The summed E-state index contributed by atoms with van der Waals surface area (Å²) in [5.74, 6) is 0.692. The lowest BCUT2D eigenvalue weighted by Crippen LogP contribution is -2.27. The first kappa shape index (κ1) is 20.7. The molecule has 30 heavy (non-hydrogen) atoms. The van der Waals surface area contributed by atoms with Crippen LogP contribution in [0.15, 0.2) is 70.9 Å². The molecule has 0 bridgehead atoms. The predicted molar refractivity (Wildman–Crippen MR) is 123 cm³/mol. The molecule has 0 saturated carbocycles. The van der Waals surface area contributed by atoms with Crippen LogP contribution in [0.4, 0.5) is 10.5 Å². The van der Waals surface area contributed by atoms with E-state index in [1.54, 1.807) is 35.2 Å². The summed E-state index contributed by atoms with van der Waals surface area (Å²) in [5.41, 5.74) is 2.13. The fourth-order valence-electron chi connectivity index (χ4n) is 2.93. The van der Waals surface area contributed by atoms with Gasteiger partial charge >= 0.3 is 0 Å². The molecule has 8 heteroatoms. The number of carbonyl (C=O) groups excluding carboxylic acids is 3. The van der Waals surface area contributed by atoms with Crippen LogP contribution in [-0.4, -0.2) is 27.7 Å². The molecular weight excluding hydrogens is 436 g/mol. The fourth-order valence-corrected chi connectivity index (χ4v) is 5.48. The lowest BCUT2D eigenvalue weighted by molar-refractivity contribution is -0.125. The lowest BCUT2D eigenvalue weighted by atomic mass is 10.1. The van der Waals surface area contributed by atoms with Gasteiger partial charge in [0.15, 0.2) is 0 Å². The highest BCUT2D eigenvalue weighted by Gasteiger charge is 2.29. The second kappa shape index (κ2) is 9.51. The van der Waals surface area contributed by atoms with E-state index in [1.165, 1.54) is 9.78 Å². The number of anilines is 1. The second-order valence-corrected chi connectivity index (χ2v) is 9.53. The number of thioether (sulfide) groups is 2. The van der Waals surface area contributed by atoms with Crippen molar-refractivity contribution in [3.05, 3.63) is 82.0 Å². The Balaban J connectivity index is 1.40. The van der Waals surface area contributed by atoms with Crippen LogP contribution in [0.25, 0.3) is 0 Å². The monoisotopic (exact) mass is 454 g/mol. The normalized spacial score (nSPS) is 13.7. The van der Waals surface area contributed by atoms with E-state index in [4.69, 9.17) is 0 Å². The molecule has 0 atom stereocenters. The Morgan fingerprint density at radius 3 is 2.53 bits per heavy atom. The molecule has 1 aliphatic rings. The summed E-state index contributed by atoms with van der Waals surface area (Å²) in [6.45, 7) is 0.251. The molecule has 1 aliphatic heterocycles. The van der Waals surface area contributed by atoms with Crippen LogP contribution in [-0.2, 0) is 17.1 Å². The Bertz CT molecular complexity index is 1050. The number of carbonyl (C=O) groups is 3. The van der Waals surface area contributed by atoms with Gasteiger partial charge in [-0.1, -0.05) is 42.1 Å². The Morgan fingerprint density at radius 2 is 1.83 bits per heavy atom. The third kappa shape index (κ3) is 4.95. The van der Waals surface area contributed by atoms with Crippen LogP contribution in [0.2, 0.25) is 0 Å². The topological polar surface area (TPSA) is 66.5 Å². The van der Waals surface area contributed by atoms with Crippen LogP contribution >= 0.6 is 34.9 Å². The summed E-state index contributed by atoms with van der Waals surface area (Å²) < 4.78 is 0. The summed E-state index contributed by atoms with van der Waals surface area (Å²) in [5, 5.41) is 4.76. The molecule has 1 N–H and O–H groups in total. The SMILES string of the molecule is O=C(Nc1ccc(CN2C(=O)CSC2=O)cc1)c1ccccc1SCc1cccs1. The van der Waals surface area contributed by atoms with E-state index in [0.29, 0.717) is 11.3 Å². The van der Waals surface area contributed by atoms with Gasteiger partial charge in [0.2, 0.25) is 5.91 Å². The summed E-state index contributed by atoms with van der Waals surface area (Å²) in [7, 11) is 0. The van der Waals surface area contributed by atoms with Crippen LogP contribution < -0.4 is 5.32 Å². The first-order valence-corrected chi connectivity index (χ1v) is 12.1. The van der Waals surface area contributed by atoms with Crippen LogP contribution in [0, 0.1) is 0 Å². The maximum Gasteiger partial charge on any atom is 0.289 e.